The summed E-state index contributed by atoms with van der Waals surface area (Å²) >= 11 is 5.22. The Morgan fingerprint density at radius 1 is 1.29 bits per heavy atom. The molecule has 1 saturated heterocycles. The average Bonchev–Trinajstić information content (AvgIpc) is 3.06. The Kier molecular flexibility index (Phi) is 3.58. The summed E-state index contributed by atoms with van der Waals surface area (Å²) in [5, 5.41) is 3.35. The molecule has 2 aromatic rings. The van der Waals surface area contributed by atoms with Gasteiger partial charge in [-0.2, -0.15) is 0 Å². The third-order valence-electron chi connectivity index (χ3n) is 3.24. The molecule has 1 aromatic carbocycles. The van der Waals surface area contributed by atoms with Crippen molar-refractivity contribution < 1.29 is 9.21 Å². The van der Waals surface area contributed by atoms with Crippen LogP contribution in [0.25, 0.3) is 6.08 Å². The number of nitrogens with zero attached hydrogens (tertiary/aromatic N) is 1. The van der Waals surface area contributed by atoms with Crippen LogP contribution in [-0.2, 0) is 11.3 Å². The predicted octanol–water partition coefficient (Wildman–Crippen LogP) is 2.85. The topological polar surface area (TPSA) is 45.5 Å². The molecule has 106 valence electrons. The molecule has 0 saturated carbocycles. The lowest BCUT2D eigenvalue weighted by Gasteiger charge is -2.11. The number of rotatable bonds is 3. The monoisotopic (exact) mass is 298 g/mol. The largest absolute Gasteiger partial charge is 0.467 e. The summed E-state index contributed by atoms with van der Waals surface area (Å²) in [4.78, 5) is 13.9. The fourth-order valence-corrected chi connectivity index (χ4v) is 2.36. The van der Waals surface area contributed by atoms with Gasteiger partial charge in [0.2, 0.25) is 0 Å². The number of hydrogen-bond acceptors (Lipinski definition) is 3. The van der Waals surface area contributed by atoms with Crippen molar-refractivity contribution in [2.45, 2.75) is 13.5 Å². The number of carbonyl (C=O) groups is 1. The number of hydrogen-bond donors (Lipinski definition) is 1. The summed E-state index contributed by atoms with van der Waals surface area (Å²) in [6.45, 7) is 2.36. The Hall–Kier alpha value is -2.40. The minimum Gasteiger partial charge on any atom is -0.467 e. The highest BCUT2D eigenvalue weighted by Crippen LogP contribution is 2.17. The first-order valence-corrected chi connectivity index (χ1v) is 6.98. The van der Waals surface area contributed by atoms with Gasteiger partial charge in [0.15, 0.2) is 5.11 Å². The zero-order valence-corrected chi connectivity index (χ0v) is 12.3. The second-order valence-corrected chi connectivity index (χ2v) is 5.26. The minimum absolute atomic E-state index is 0.142. The van der Waals surface area contributed by atoms with Crippen LogP contribution in [0.15, 0.2) is 52.8 Å². The highest BCUT2D eigenvalue weighted by atomic mass is 32.1. The number of nitrogens with one attached hydrogen (secondary N) is 1. The van der Waals surface area contributed by atoms with Crippen LogP contribution < -0.4 is 5.32 Å². The van der Waals surface area contributed by atoms with E-state index in [1.807, 2.05) is 37.3 Å². The fourth-order valence-electron chi connectivity index (χ4n) is 2.10. The number of carbonyl (C=O) groups excluding carboxylic acids is 1. The maximum atomic E-state index is 12.4. The van der Waals surface area contributed by atoms with Gasteiger partial charge in [-0.1, -0.05) is 29.8 Å². The number of aryl methyl sites for hydroxylation is 1. The van der Waals surface area contributed by atoms with Crippen LogP contribution in [0.4, 0.5) is 0 Å². The highest BCUT2D eigenvalue weighted by molar-refractivity contribution is 7.80. The van der Waals surface area contributed by atoms with E-state index in [4.69, 9.17) is 16.6 Å². The highest BCUT2D eigenvalue weighted by Gasteiger charge is 2.31. The van der Waals surface area contributed by atoms with Crippen molar-refractivity contribution in [2.24, 2.45) is 0 Å². The molecule has 1 N–H and O–H groups in total. The van der Waals surface area contributed by atoms with Gasteiger partial charge < -0.3 is 9.73 Å². The van der Waals surface area contributed by atoms with Crippen molar-refractivity contribution in [3.05, 3.63) is 65.2 Å². The molecule has 1 amide bonds. The van der Waals surface area contributed by atoms with E-state index < -0.39 is 0 Å². The molecule has 0 radical (unpaired) electrons. The lowest BCUT2D eigenvalue weighted by atomic mass is 10.1. The average molecular weight is 298 g/mol. The third-order valence-corrected chi connectivity index (χ3v) is 3.57. The standard InChI is InChI=1S/C16H14N2O2S/c1-11-4-6-12(7-5-11)9-14-15(19)18(16(21)17-14)10-13-3-2-8-20-13/h2-9H,10H2,1H3,(H,17,21)/b14-9-. The van der Waals surface area contributed by atoms with E-state index in [-0.39, 0.29) is 5.91 Å². The number of thiocarbonyl (C=S) groups is 1. The molecular weight excluding hydrogens is 284 g/mol. The Balaban J connectivity index is 1.81. The van der Waals surface area contributed by atoms with Crippen molar-refractivity contribution in [1.29, 1.82) is 0 Å². The van der Waals surface area contributed by atoms with E-state index in [1.165, 1.54) is 10.5 Å². The third kappa shape index (κ3) is 2.87. The SMILES string of the molecule is Cc1ccc(/C=C2\NC(=S)N(Cc3ccco3)C2=O)cc1. The van der Waals surface area contributed by atoms with E-state index >= 15 is 0 Å². The maximum absolute atomic E-state index is 12.4. The van der Waals surface area contributed by atoms with Crippen LogP contribution in [0.5, 0.6) is 0 Å². The van der Waals surface area contributed by atoms with E-state index in [0.717, 1.165) is 5.56 Å². The van der Waals surface area contributed by atoms with Crippen molar-refractivity contribution in [3.63, 3.8) is 0 Å². The van der Waals surface area contributed by atoms with Gasteiger partial charge in [0, 0.05) is 0 Å². The van der Waals surface area contributed by atoms with Crippen molar-refractivity contribution in [1.82, 2.24) is 10.2 Å². The van der Waals surface area contributed by atoms with Crippen LogP contribution in [0.3, 0.4) is 0 Å². The molecule has 21 heavy (non-hydrogen) atoms. The van der Waals surface area contributed by atoms with Gasteiger partial charge in [0.05, 0.1) is 12.8 Å². The van der Waals surface area contributed by atoms with Crippen molar-refractivity contribution in [3.8, 4) is 0 Å². The van der Waals surface area contributed by atoms with Crippen molar-refractivity contribution >= 4 is 29.3 Å². The summed E-state index contributed by atoms with van der Waals surface area (Å²) < 4.78 is 5.26. The molecule has 1 fully saturated rings. The first-order valence-electron chi connectivity index (χ1n) is 6.57. The lowest BCUT2D eigenvalue weighted by Crippen LogP contribution is -2.29. The lowest BCUT2D eigenvalue weighted by molar-refractivity contribution is -0.122. The van der Waals surface area contributed by atoms with Gasteiger partial charge in [-0.3, -0.25) is 9.69 Å². The molecule has 3 rings (SSSR count). The first-order chi connectivity index (χ1) is 10.1. The van der Waals surface area contributed by atoms with Crippen LogP contribution in [0.2, 0.25) is 0 Å². The molecule has 1 aliphatic rings. The second kappa shape index (κ2) is 5.54. The summed E-state index contributed by atoms with van der Waals surface area (Å²) in [5.74, 6) is 0.557. The van der Waals surface area contributed by atoms with Crippen LogP contribution in [0.1, 0.15) is 16.9 Å². The van der Waals surface area contributed by atoms with Gasteiger partial charge in [-0.15, -0.1) is 0 Å². The first kappa shape index (κ1) is 13.6. The van der Waals surface area contributed by atoms with Crippen molar-refractivity contribution in [2.75, 3.05) is 0 Å². The summed E-state index contributed by atoms with van der Waals surface area (Å²) in [6.07, 6.45) is 3.38. The molecule has 0 bridgehead atoms. The second-order valence-electron chi connectivity index (χ2n) is 4.87. The molecule has 4 nitrogen and oxygen atoms in total. The summed E-state index contributed by atoms with van der Waals surface area (Å²) in [5.41, 5.74) is 2.62. The number of benzene rings is 1. The molecular formula is C16H14N2O2S. The maximum Gasteiger partial charge on any atom is 0.276 e. The normalized spacial score (nSPS) is 16.6. The van der Waals surface area contributed by atoms with Crippen LogP contribution in [0, 0.1) is 6.92 Å². The number of amides is 1. The van der Waals surface area contributed by atoms with Crippen LogP contribution >= 0.6 is 12.2 Å². The quantitative estimate of drug-likeness (QED) is 0.699. The molecule has 1 aromatic heterocycles. The minimum atomic E-state index is -0.142. The number of furan rings is 1. The molecule has 0 atom stereocenters. The van der Waals surface area contributed by atoms with Gasteiger partial charge in [-0.25, -0.2) is 0 Å². The molecule has 1 aliphatic heterocycles. The van der Waals surface area contributed by atoms with Gasteiger partial charge >= 0.3 is 0 Å². The molecule has 0 aliphatic carbocycles. The predicted molar refractivity (Wildman–Crippen MR) is 84.1 cm³/mol. The smallest absolute Gasteiger partial charge is 0.276 e. The van der Waals surface area contributed by atoms with Gasteiger partial charge in [0.1, 0.15) is 11.5 Å². The van der Waals surface area contributed by atoms with Gasteiger partial charge in [0.25, 0.3) is 5.91 Å². The van der Waals surface area contributed by atoms with E-state index in [2.05, 4.69) is 5.32 Å². The van der Waals surface area contributed by atoms with E-state index in [9.17, 15) is 4.79 Å². The molecule has 2 heterocycles. The Labute approximate surface area is 128 Å². The van der Waals surface area contributed by atoms with E-state index in [0.29, 0.717) is 23.1 Å². The zero-order valence-electron chi connectivity index (χ0n) is 11.5. The summed E-state index contributed by atoms with van der Waals surface area (Å²) in [7, 11) is 0. The Morgan fingerprint density at radius 3 is 2.71 bits per heavy atom. The van der Waals surface area contributed by atoms with Gasteiger partial charge in [-0.05, 0) is 42.9 Å². The van der Waals surface area contributed by atoms with Crippen LogP contribution in [-0.4, -0.2) is 15.9 Å². The molecule has 0 spiro atoms. The Morgan fingerprint density at radius 2 is 2.05 bits per heavy atom. The zero-order chi connectivity index (χ0) is 14.8. The molecule has 0 unspecified atom stereocenters. The summed E-state index contributed by atoms with van der Waals surface area (Å²) in [6, 6.07) is 11.5. The van der Waals surface area contributed by atoms with E-state index in [1.54, 1.807) is 18.4 Å². The Bertz CT molecular complexity index is 702. The fraction of sp³-hybridized carbons (Fsp3) is 0.125. The molecule has 5 heteroatoms.